The lowest BCUT2D eigenvalue weighted by atomic mass is 10.1. The van der Waals surface area contributed by atoms with Crippen molar-refractivity contribution < 1.29 is 31.2 Å². The van der Waals surface area contributed by atoms with Crippen LogP contribution in [0.2, 0.25) is 5.02 Å². The normalized spacial score (nSPS) is 15.3. The number of carbonyl (C=O) groups is 2. The third-order valence-electron chi connectivity index (χ3n) is 6.28. The van der Waals surface area contributed by atoms with Crippen LogP contribution >= 0.6 is 11.6 Å². The number of rotatable bonds is 9. The van der Waals surface area contributed by atoms with Crippen LogP contribution in [0.5, 0.6) is 0 Å². The zero-order chi connectivity index (χ0) is 27.4. The summed E-state index contributed by atoms with van der Waals surface area (Å²) in [5.74, 6) is -1.13. The van der Waals surface area contributed by atoms with E-state index in [0.717, 1.165) is 44.1 Å². The second-order valence-corrected chi connectivity index (χ2v) is 11.5. The van der Waals surface area contributed by atoms with Gasteiger partial charge in [-0.15, -0.1) is 0 Å². The van der Waals surface area contributed by atoms with Gasteiger partial charge in [0.05, 0.1) is 17.5 Å². The smallest absolute Gasteiger partial charge is 0.352 e. The van der Waals surface area contributed by atoms with Crippen molar-refractivity contribution in [1.29, 1.82) is 0 Å². The van der Waals surface area contributed by atoms with E-state index in [-0.39, 0.29) is 24.2 Å². The number of hydrogen-bond donors (Lipinski definition) is 1. The molecule has 7 nitrogen and oxygen atoms in total. The van der Waals surface area contributed by atoms with Crippen LogP contribution in [0.25, 0.3) is 0 Å². The van der Waals surface area contributed by atoms with Crippen LogP contribution in [0.1, 0.15) is 43.7 Å². The Labute approximate surface area is 219 Å². The van der Waals surface area contributed by atoms with Crippen molar-refractivity contribution in [3.63, 3.8) is 0 Å². The second-order valence-electron chi connectivity index (χ2n) is 9.13. The number of nitrogens with one attached hydrogen (secondary N) is 1. The first-order valence-electron chi connectivity index (χ1n) is 11.7. The molecule has 1 atom stereocenters. The summed E-state index contributed by atoms with van der Waals surface area (Å²) in [4.78, 5) is 27.7. The van der Waals surface area contributed by atoms with Gasteiger partial charge in [-0.05, 0) is 55.7 Å². The van der Waals surface area contributed by atoms with E-state index in [2.05, 4.69) is 5.32 Å². The van der Waals surface area contributed by atoms with Gasteiger partial charge in [0.15, 0.2) is 0 Å². The summed E-state index contributed by atoms with van der Waals surface area (Å²) in [5, 5.41) is 3.41. The Morgan fingerprint density at radius 1 is 1.11 bits per heavy atom. The predicted molar refractivity (Wildman–Crippen MR) is 135 cm³/mol. The predicted octanol–water partition coefficient (Wildman–Crippen LogP) is 4.60. The second kappa shape index (κ2) is 11.7. The molecule has 1 saturated carbocycles. The van der Waals surface area contributed by atoms with Crippen LogP contribution in [0, 0.1) is 0 Å². The van der Waals surface area contributed by atoms with Gasteiger partial charge in [-0.2, -0.15) is 13.2 Å². The number of nitrogens with zero attached hydrogens (tertiary/aromatic N) is 2. The highest BCUT2D eigenvalue weighted by Crippen LogP contribution is 2.32. The van der Waals surface area contributed by atoms with E-state index < -0.39 is 40.3 Å². The third kappa shape index (κ3) is 7.85. The van der Waals surface area contributed by atoms with Gasteiger partial charge in [-0.25, -0.2) is 8.42 Å². The molecule has 2 aromatic rings. The molecule has 0 unspecified atom stereocenters. The first-order chi connectivity index (χ1) is 17.3. The maximum absolute atomic E-state index is 13.5. The summed E-state index contributed by atoms with van der Waals surface area (Å²) in [5.41, 5.74) is -0.711. The maximum atomic E-state index is 13.5. The Hall–Kier alpha value is -2.79. The maximum Gasteiger partial charge on any atom is 0.416 e. The molecule has 1 aliphatic rings. The van der Waals surface area contributed by atoms with Crippen molar-refractivity contribution in [3.05, 3.63) is 64.7 Å². The van der Waals surface area contributed by atoms with Crippen LogP contribution < -0.4 is 9.62 Å². The summed E-state index contributed by atoms with van der Waals surface area (Å²) >= 11 is 5.95. The van der Waals surface area contributed by atoms with Crippen LogP contribution in [-0.2, 0) is 32.3 Å². The average Bonchev–Trinajstić information content (AvgIpc) is 3.33. The minimum absolute atomic E-state index is 0.0000558. The molecule has 1 fully saturated rings. The summed E-state index contributed by atoms with van der Waals surface area (Å²) in [7, 11) is -4.15. The van der Waals surface area contributed by atoms with Gasteiger partial charge in [0.2, 0.25) is 21.8 Å². The largest absolute Gasteiger partial charge is 0.416 e. The molecular formula is C25H29ClF3N3O4S. The molecule has 37 heavy (non-hydrogen) atoms. The highest BCUT2D eigenvalue weighted by Gasteiger charge is 2.34. The van der Waals surface area contributed by atoms with Gasteiger partial charge in [0, 0.05) is 17.6 Å². The monoisotopic (exact) mass is 559 g/mol. The number of carbonyl (C=O) groups excluding carboxylic acids is 2. The number of anilines is 1. The molecule has 0 spiro atoms. The Bertz CT molecular complexity index is 1220. The molecule has 202 valence electrons. The minimum atomic E-state index is -4.70. The lowest BCUT2D eigenvalue weighted by Crippen LogP contribution is -2.52. The molecule has 3 rings (SSSR count). The fourth-order valence-electron chi connectivity index (χ4n) is 4.21. The third-order valence-corrected chi connectivity index (χ3v) is 7.67. The van der Waals surface area contributed by atoms with Gasteiger partial charge in [0.1, 0.15) is 12.6 Å². The molecule has 1 N–H and O–H groups in total. The summed E-state index contributed by atoms with van der Waals surface area (Å²) in [6, 6.07) is 9.36. The fraction of sp³-hybridized carbons (Fsp3) is 0.440. The van der Waals surface area contributed by atoms with E-state index in [1.807, 2.05) is 0 Å². The van der Waals surface area contributed by atoms with E-state index in [9.17, 15) is 31.2 Å². The number of benzene rings is 2. The number of alkyl halides is 3. The van der Waals surface area contributed by atoms with Crippen molar-refractivity contribution in [3.8, 4) is 0 Å². The minimum Gasteiger partial charge on any atom is -0.352 e. The van der Waals surface area contributed by atoms with Gasteiger partial charge < -0.3 is 10.2 Å². The van der Waals surface area contributed by atoms with Crippen molar-refractivity contribution in [2.45, 2.75) is 57.4 Å². The van der Waals surface area contributed by atoms with Crippen LogP contribution in [0.15, 0.2) is 48.5 Å². The molecule has 0 heterocycles. The Morgan fingerprint density at radius 3 is 2.30 bits per heavy atom. The molecule has 2 aromatic carbocycles. The first-order valence-corrected chi connectivity index (χ1v) is 14.0. The summed E-state index contributed by atoms with van der Waals surface area (Å²) in [6.45, 7) is 0.720. The van der Waals surface area contributed by atoms with Gasteiger partial charge in [0.25, 0.3) is 0 Å². The SMILES string of the molecule is C[C@@H](C(=O)NC1CCCC1)N(Cc1ccc(Cl)cc1)C(=O)CN(c1cccc(C(F)(F)F)c1)S(C)(=O)=O. The van der Waals surface area contributed by atoms with Crippen molar-refractivity contribution >= 4 is 39.1 Å². The molecule has 0 aliphatic heterocycles. The molecule has 0 bridgehead atoms. The topological polar surface area (TPSA) is 86.8 Å². The molecule has 2 amide bonds. The Kier molecular flexibility index (Phi) is 9.12. The van der Waals surface area contributed by atoms with E-state index in [1.54, 1.807) is 24.3 Å². The quantitative estimate of drug-likeness (QED) is 0.486. The number of sulfonamides is 1. The lowest BCUT2D eigenvalue weighted by molar-refractivity contribution is -0.139. The summed E-state index contributed by atoms with van der Waals surface area (Å²) < 4.78 is 65.5. The van der Waals surface area contributed by atoms with Crippen molar-refractivity contribution in [2.24, 2.45) is 0 Å². The van der Waals surface area contributed by atoms with Crippen LogP contribution in [0.3, 0.4) is 0 Å². The fourth-order valence-corrected chi connectivity index (χ4v) is 5.18. The molecule has 1 aliphatic carbocycles. The van der Waals surface area contributed by atoms with Gasteiger partial charge >= 0.3 is 6.18 Å². The molecule has 0 saturated heterocycles. The van der Waals surface area contributed by atoms with Gasteiger partial charge in [-0.1, -0.05) is 42.6 Å². The van der Waals surface area contributed by atoms with E-state index in [1.165, 1.54) is 17.9 Å². The molecular weight excluding hydrogens is 531 g/mol. The standard InChI is InChI=1S/C25H29ClF3N3O4S/c1-17(24(34)30-21-7-3-4-8-21)31(15-18-10-12-20(26)13-11-18)23(33)16-32(37(2,35)36)22-9-5-6-19(14-22)25(27,28)29/h5-6,9-14,17,21H,3-4,7-8,15-16H2,1-2H3,(H,30,34)/t17-/m0/s1. The Morgan fingerprint density at radius 2 is 1.73 bits per heavy atom. The van der Waals surface area contributed by atoms with Crippen LogP contribution in [0.4, 0.5) is 18.9 Å². The van der Waals surface area contributed by atoms with E-state index in [0.29, 0.717) is 21.0 Å². The van der Waals surface area contributed by atoms with Crippen molar-refractivity contribution in [1.82, 2.24) is 10.2 Å². The van der Waals surface area contributed by atoms with E-state index >= 15 is 0 Å². The summed E-state index contributed by atoms with van der Waals surface area (Å²) in [6.07, 6.45) is -0.237. The number of halogens is 4. The lowest BCUT2D eigenvalue weighted by Gasteiger charge is -2.32. The zero-order valence-corrected chi connectivity index (χ0v) is 22.0. The molecule has 0 aromatic heterocycles. The van der Waals surface area contributed by atoms with Crippen LogP contribution in [-0.4, -0.2) is 50.0 Å². The Balaban J connectivity index is 1.91. The van der Waals surface area contributed by atoms with Gasteiger partial charge in [-0.3, -0.25) is 13.9 Å². The van der Waals surface area contributed by atoms with E-state index in [4.69, 9.17) is 11.6 Å². The average molecular weight is 560 g/mol. The molecule has 0 radical (unpaired) electrons. The number of amides is 2. The number of hydrogen-bond acceptors (Lipinski definition) is 4. The highest BCUT2D eigenvalue weighted by atomic mass is 35.5. The first kappa shape index (κ1) is 28.8. The zero-order valence-electron chi connectivity index (χ0n) is 20.5. The highest BCUT2D eigenvalue weighted by molar-refractivity contribution is 7.92. The van der Waals surface area contributed by atoms with Crippen molar-refractivity contribution in [2.75, 3.05) is 17.1 Å². The molecule has 12 heteroatoms.